The summed E-state index contributed by atoms with van der Waals surface area (Å²) in [5.41, 5.74) is 0.318. The summed E-state index contributed by atoms with van der Waals surface area (Å²) in [7, 11) is 0. The van der Waals surface area contributed by atoms with Gasteiger partial charge in [-0.3, -0.25) is 10.1 Å². The summed E-state index contributed by atoms with van der Waals surface area (Å²) in [6.07, 6.45) is -1.58. The van der Waals surface area contributed by atoms with Crippen LogP contribution in [0.3, 0.4) is 0 Å². The van der Waals surface area contributed by atoms with Gasteiger partial charge in [0.05, 0.1) is 4.92 Å². The fraction of sp³-hybridized carbons (Fsp3) is 0.125. The number of nitro benzene ring substituents is 1. The Morgan fingerprint density at radius 3 is 2.73 bits per heavy atom. The van der Waals surface area contributed by atoms with E-state index >= 15 is 0 Å². The lowest BCUT2D eigenvalue weighted by Gasteiger charge is -2.02. The molecule has 0 saturated carbocycles. The number of ether oxygens (including phenoxy) is 1. The van der Waals surface area contributed by atoms with E-state index in [0.717, 1.165) is 0 Å². The molecule has 0 radical (unpaired) electrons. The lowest BCUT2D eigenvalue weighted by molar-refractivity contribution is -0.385. The summed E-state index contributed by atoms with van der Waals surface area (Å²) in [4.78, 5) is 20.1. The average molecular weight is 276 g/mol. The molecular formula is C8H6BrNO5. The number of benzene rings is 1. The van der Waals surface area contributed by atoms with Gasteiger partial charge in [0, 0.05) is 11.4 Å². The lowest BCUT2D eigenvalue weighted by atomic mass is 10.2. The number of hydrogen-bond acceptors (Lipinski definition) is 4. The van der Waals surface area contributed by atoms with Crippen molar-refractivity contribution in [2.24, 2.45) is 0 Å². The van der Waals surface area contributed by atoms with Crippen molar-refractivity contribution in [3.8, 4) is 5.75 Å². The zero-order valence-electron chi connectivity index (χ0n) is 7.34. The minimum Gasteiger partial charge on any atom is -0.449 e. The smallest absolute Gasteiger partial charge is 0.449 e. The van der Waals surface area contributed by atoms with Gasteiger partial charge in [-0.1, -0.05) is 22.0 Å². The van der Waals surface area contributed by atoms with Crippen LogP contribution < -0.4 is 4.74 Å². The summed E-state index contributed by atoms with van der Waals surface area (Å²) in [5.74, 6) is -0.274. The molecule has 1 aromatic carbocycles. The van der Waals surface area contributed by atoms with Crippen LogP contribution in [0.5, 0.6) is 5.75 Å². The maximum absolute atomic E-state index is 10.5. The molecule has 0 unspecified atom stereocenters. The normalized spacial score (nSPS) is 9.67. The Kier molecular flexibility index (Phi) is 3.62. The second-order valence-corrected chi connectivity index (χ2v) is 3.12. The molecule has 0 saturated heterocycles. The van der Waals surface area contributed by atoms with Crippen LogP contribution in [-0.2, 0) is 5.33 Å². The van der Waals surface area contributed by atoms with Crippen molar-refractivity contribution >= 4 is 27.8 Å². The van der Waals surface area contributed by atoms with Crippen LogP contribution in [0.4, 0.5) is 10.5 Å². The van der Waals surface area contributed by atoms with Gasteiger partial charge >= 0.3 is 11.8 Å². The molecule has 1 N–H and O–H groups in total. The molecule has 80 valence electrons. The van der Waals surface area contributed by atoms with Gasteiger partial charge in [0.1, 0.15) is 0 Å². The van der Waals surface area contributed by atoms with Gasteiger partial charge in [-0.15, -0.1) is 0 Å². The minimum absolute atomic E-state index is 0.274. The number of carboxylic acid groups (broad SMARTS) is 1. The number of carbonyl (C=O) groups is 1. The predicted octanol–water partition coefficient (Wildman–Crippen LogP) is 2.55. The Labute approximate surface area is 92.8 Å². The number of nitrogens with zero attached hydrogens (tertiary/aromatic N) is 1. The first-order valence-electron chi connectivity index (χ1n) is 3.78. The zero-order valence-corrected chi connectivity index (χ0v) is 8.93. The first-order valence-corrected chi connectivity index (χ1v) is 4.91. The van der Waals surface area contributed by atoms with E-state index in [2.05, 4.69) is 20.7 Å². The van der Waals surface area contributed by atoms with Crippen molar-refractivity contribution in [3.63, 3.8) is 0 Å². The van der Waals surface area contributed by atoms with Crippen LogP contribution in [0.25, 0.3) is 0 Å². The molecule has 0 atom stereocenters. The topological polar surface area (TPSA) is 89.7 Å². The second kappa shape index (κ2) is 4.74. The molecule has 0 spiro atoms. The lowest BCUT2D eigenvalue weighted by Crippen LogP contribution is -2.05. The number of halogens is 1. The highest BCUT2D eigenvalue weighted by atomic mass is 79.9. The number of rotatable bonds is 3. The van der Waals surface area contributed by atoms with E-state index in [1.165, 1.54) is 18.2 Å². The Balaban J connectivity index is 3.16. The van der Waals surface area contributed by atoms with E-state index in [0.29, 0.717) is 10.9 Å². The second-order valence-electron chi connectivity index (χ2n) is 2.56. The summed E-state index contributed by atoms with van der Waals surface area (Å²) in [6.45, 7) is 0. The molecule has 15 heavy (non-hydrogen) atoms. The molecule has 6 nitrogen and oxygen atoms in total. The van der Waals surface area contributed by atoms with Crippen LogP contribution in [-0.4, -0.2) is 16.2 Å². The van der Waals surface area contributed by atoms with Crippen molar-refractivity contribution in [1.29, 1.82) is 0 Å². The molecule has 0 aromatic heterocycles. The molecule has 1 aromatic rings. The SMILES string of the molecule is O=C(O)Oc1cc(CBr)ccc1[N+](=O)[O-]. The maximum atomic E-state index is 10.5. The van der Waals surface area contributed by atoms with Crippen molar-refractivity contribution in [2.45, 2.75) is 5.33 Å². The number of hydrogen-bond donors (Lipinski definition) is 1. The van der Waals surface area contributed by atoms with Gasteiger partial charge < -0.3 is 9.84 Å². The molecule has 0 aliphatic rings. The molecule has 0 fully saturated rings. The van der Waals surface area contributed by atoms with E-state index in [1.807, 2.05) is 0 Å². The molecule has 0 bridgehead atoms. The van der Waals surface area contributed by atoms with Gasteiger partial charge in [0.2, 0.25) is 5.75 Å². The molecular weight excluding hydrogens is 270 g/mol. The van der Waals surface area contributed by atoms with Gasteiger partial charge in [-0.05, 0) is 11.6 Å². The monoisotopic (exact) mass is 275 g/mol. The third-order valence-electron chi connectivity index (χ3n) is 1.57. The van der Waals surface area contributed by atoms with Crippen LogP contribution in [0.1, 0.15) is 5.56 Å². The average Bonchev–Trinajstić information content (AvgIpc) is 2.16. The fourth-order valence-electron chi connectivity index (χ4n) is 0.968. The largest absolute Gasteiger partial charge is 0.511 e. The summed E-state index contributed by atoms with van der Waals surface area (Å²) >= 11 is 3.15. The highest BCUT2D eigenvalue weighted by molar-refractivity contribution is 9.08. The standard InChI is InChI=1S/C8H6BrNO5/c9-4-5-1-2-6(10(13)14)7(3-5)15-8(11)12/h1-3H,4H2,(H,11,12). The summed E-state index contributed by atoms with van der Waals surface area (Å²) in [5, 5.41) is 19.4. The molecule has 0 heterocycles. The van der Waals surface area contributed by atoms with E-state index in [9.17, 15) is 14.9 Å². The predicted molar refractivity (Wildman–Crippen MR) is 54.4 cm³/mol. The number of alkyl halides is 1. The summed E-state index contributed by atoms with van der Waals surface area (Å²) < 4.78 is 4.30. The Morgan fingerprint density at radius 1 is 1.60 bits per heavy atom. The van der Waals surface area contributed by atoms with Crippen LogP contribution in [0, 0.1) is 10.1 Å². The van der Waals surface area contributed by atoms with Crippen LogP contribution in [0.15, 0.2) is 18.2 Å². The Bertz CT molecular complexity index is 406. The van der Waals surface area contributed by atoms with E-state index in [-0.39, 0.29) is 11.4 Å². The third kappa shape index (κ3) is 2.91. The summed E-state index contributed by atoms with van der Waals surface area (Å²) in [6, 6.07) is 4.03. The van der Waals surface area contributed by atoms with Crippen molar-refractivity contribution in [3.05, 3.63) is 33.9 Å². The fourth-order valence-corrected chi connectivity index (χ4v) is 1.32. The molecule has 0 aliphatic heterocycles. The number of nitro groups is 1. The van der Waals surface area contributed by atoms with Gasteiger partial charge in [0.15, 0.2) is 0 Å². The molecule has 1 rings (SSSR count). The van der Waals surface area contributed by atoms with E-state index in [1.54, 1.807) is 0 Å². The third-order valence-corrected chi connectivity index (χ3v) is 2.22. The molecule has 0 aliphatic carbocycles. The maximum Gasteiger partial charge on any atom is 0.511 e. The highest BCUT2D eigenvalue weighted by Crippen LogP contribution is 2.28. The van der Waals surface area contributed by atoms with Gasteiger partial charge in [0.25, 0.3) is 0 Å². The Morgan fingerprint density at radius 2 is 2.27 bits per heavy atom. The van der Waals surface area contributed by atoms with Gasteiger partial charge in [-0.25, -0.2) is 4.79 Å². The highest BCUT2D eigenvalue weighted by Gasteiger charge is 2.17. The minimum atomic E-state index is -1.58. The zero-order chi connectivity index (χ0) is 11.4. The van der Waals surface area contributed by atoms with Crippen molar-refractivity contribution in [2.75, 3.05) is 0 Å². The molecule has 0 amide bonds. The van der Waals surface area contributed by atoms with Crippen LogP contribution in [0.2, 0.25) is 0 Å². The molecule has 7 heteroatoms. The quantitative estimate of drug-likeness (QED) is 0.301. The Hall–Kier alpha value is -1.63. The van der Waals surface area contributed by atoms with Crippen LogP contribution >= 0.6 is 15.9 Å². The van der Waals surface area contributed by atoms with Gasteiger partial charge in [-0.2, -0.15) is 0 Å². The first-order chi connectivity index (χ1) is 7.04. The van der Waals surface area contributed by atoms with E-state index < -0.39 is 11.1 Å². The van der Waals surface area contributed by atoms with Crippen molar-refractivity contribution in [1.82, 2.24) is 0 Å². The van der Waals surface area contributed by atoms with Crippen molar-refractivity contribution < 1.29 is 19.6 Å². The van der Waals surface area contributed by atoms with E-state index in [4.69, 9.17) is 5.11 Å². The first kappa shape index (κ1) is 11.4.